The molecule has 0 aliphatic carbocycles. The number of hydrogen-bond donors (Lipinski definition) is 0. The van der Waals surface area contributed by atoms with Crippen LogP contribution in [0, 0.1) is 0 Å². The first-order chi connectivity index (χ1) is 12.9. The van der Waals surface area contributed by atoms with E-state index in [9.17, 15) is 9.59 Å². The zero-order chi connectivity index (χ0) is 19.3. The standard InChI is InChI=1S/C24H23NO2/c1-14(2)17-10-7-11-18(15(3)4)22(17)25-23(26)19-12-5-8-16-9-6-13-20(21(16)19)24(25)27/h5-15H,1-4H3. The van der Waals surface area contributed by atoms with Crippen LogP contribution in [0.1, 0.15) is 71.4 Å². The lowest BCUT2D eigenvalue weighted by Crippen LogP contribution is -2.41. The van der Waals surface area contributed by atoms with E-state index in [2.05, 4.69) is 27.7 Å². The van der Waals surface area contributed by atoms with Gasteiger partial charge in [0.1, 0.15) is 0 Å². The Bertz CT molecular complexity index is 1000. The minimum absolute atomic E-state index is 0.201. The molecule has 3 nitrogen and oxygen atoms in total. The van der Waals surface area contributed by atoms with E-state index in [1.165, 1.54) is 4.90 Å². The molecule has 0 N–H and O–H groups in total. The highest BCUT2D eigenvalue weighted by Gasteiger charge is 2.36. The molecule has 0 radical (unpaired) electrons. The molecule has 3 heteroatoms. The summed E-state index contributed by atoms with van der Waals surface area (Å²) in [7, 11) is 0. The van der Waals surface area contributed by atoms with Crippen LogP contribution < -0.4 is 4.90 Å². The first kappa shape index (κ1) is 17.5. The van der Waals surface area contributed by atoms with Crippen molar-refractivity contribution in [3.63, 3.8) is 0 Å². The lowest BCUT2D eigenvalue weighted by atomic mass is 9.88. The topological polar surface area (TPSA) is 37.4 Å². The Morgan fingerprint density at radius 1 is 0.667 bits per heavy atom. The number of para-hydroxylation sites is 1. The Labute approximate surface area is 159 Å². The SMILES string of the molecule is CC(C)c1cccc(C(C)C)c1N1C(=O)c2cccc3cccc(c23)C1=O. The van der Waals surface area contributed by atoms with Gasteiger partial charge in [-0.3, -0.25) is 9.59 Å². The summed E-state index contributed by atoms with van der Waals surface area (Å²) in [5.74, 6) is -0.0712. The fourth-order valence-corrected chi connectivity index (χ4v) is 4.00. The third-order valence-electron chi connectivity index (χ3n) is 5.34. The van der Waals surface area contributed by atoms with Crippen LogP contribution in [0.3, 0.4) is 0 Å². The highest BCUT2D eigenvalue weighted by atomic mass is 16.2. The van der Waals surface area contributed by atoms with Crippen molar-refractivity contribution in [2.45, 2.75) is 39.5 Å². The second-order valence-corrected chi connectivity index (χ2v) is 7.75. The van der Waals surface area contributed by atoms with Gasteiger partial charge in [-0.1, -0.05) is 70.2 Å². The first-order valence-electron chi connectivity index (χ1n) is 9.45. The van der Waals surface area contributed by atoms with Gasteiger partial charge in [-0.05, 0) is 40.5 Å². The molecule has 27 heavy (non-hydrogen) atoms. The van der Waals surface area contributed by atoms with Crippen LogP contribution in [0.4, 0.5) is 5.69 Å². The molecule has 0 spiro atoms. The van der Waals surface area contributed by atoms with Crippen LogP contribution in [0.2, 0.25) is 0 Å². The molecular formula is C24H23NO2. The summed E-state index contributed by atoms with van der Waals surface area (Å²) in [4.78, 5) is 28.3. The zero-order valence-corrected chi connectivity index (χ0v) is 16.1. The molecule has 0 saturated carbocycles. The van der Waals surface area contributed by atoms with E-state index in [1.807, 2.05) is 54.6 Å². The van der Waals surface area contributed by atoms with Gasteiger partial charge in [-0.25, -0.2) is 4.90 Å². The van der Waals surface area contributed by atoms with E-state index in [0.29, 0.717) is 11.1 Å². The maximum Gasteiger partial charge on any atom is 0.266 e. The van der Waals surface area contributed by atoms with E-state index >= 15 is 0 Å². The van der Waals surface area contributed by atoms with Gasteiger partial charge in [-0.2, -0.15) is 0 Å². The van der Waals surface area contributed by atoms with Crippen LogP contribution >= 0.6 is 0 Å². The average Bonchev–Trinajstić information content (AvgIpc) is 2.65. The van der Waals surface area contributed by atoms with Gasteiger partial charge in [0.15, 0.2) is 0 Å². The average molecular weight is 357 g/mol. The van der Waals surface area contributed by atoms with E-state index in [4.69, 9.17) is 0 Å². The minimum atomic E-state index is -0.237. The summed E-state index contributed by atoms with van der Waals surface area (Å²) < 4.78 is 0. The van der Waals surface area contributed by atoms with Crippen molar-refractivity contribution in [3.05, 3.63) is 76.9 Å². The number of carbonyl (C=O) groups excluding carboxylic acids is 2. The molecule has 0 unspecified atom stereocenters. The molecule has 3 aromatic rings. The molecule has 136 valence electrons. The molecule has 1 aliphatic rings. The predicted molar refractivity (Wildman–Crippen MR) is 110 cm³/mol. The summed E-state index contributed by atoms with van der Waals surface area (Å²) in [6.07, 6.45) is 0. The summed E-state index contributed by atoms with van der Waals surface area (Å²) >= 11 is 0. The fourth-order valence-electron chi connectivity index (χ4n) is 4.00. The minimum Gasteiger partial charge on any atom is -0.268 e. The summed E-state index contributed by atoms with van der Waals surface area (Å²) in [5, 5.41) is 1.69. The monoisotopic (exact) mass is 357 g/mol. The largest absolute Gasteiger partial charge is 0.268 e. The summed E-state index contributed by atoms with van der Waals surface area (Å²) in [6, 6.07) is 17.3. The van der Waals surface area contributed by atoms with Crippen molar-refractivity contribution in [1.82, 2.24) is 0 Å². The van der Waals surface area contributed by atoms with Gasteiger partial charge >= 0.3 is 0 Å². The van der Waals surface area contributed by atoms with Crippen molar-refractivity contribution in [2.75, 3.05) is 4.90 Å². The molecule has 1 heterocycles. The van der Waals surface area contributed by atoms with Gasteiger partial charge in [0.25, 0.3) is 11.8 Å². The molecule has 0 bridgehead atoms. The second kappa shape index (κ2) is 6.34. The van der Waals surface area contributed by atoms with Crippen LogP contribution in [0.15, 0.2) is 54.6 Å². The Hall–Kier alpha value is -2.94. The lowest BCUT2D eigenvalue weighted by Gasteiger charge is -2.32. The van der Waals surface area contributed by atoms with Crippen LogP contribution in [-0.4, -0.2) is 11.8 Å². The molecule has 0 saturated heterocycles. The maximum atomic E-state index is 13.5. The highest BCUT2D eigenvalue weighted by Crippen LogP contribution is 2.40. The summed E-state index contributed by atoms with van der Waals surface area (Å²) in [5.41, 5.74) is 3.99. The number of amides is 2. The smallest absolute Gasteiger partial charge is 0.266 e. The molecule has 3 aromatic carbocycles. The number of benzene rings is 3. The van der Waals surface area contributed by atoms with Gasteiger partial charge in [0.05, 0.1) is 5.69 Å². The van der Waals surface area contributed by atoms with Crippen molar-refractivity contribution in [2.24, 2.45) is 0 Å². The Morgan fingerprint density at radius 2 is 1.11 bits per heavy atom. The van der Waals surface area contributed by atoms with E-state index in [1.54, 1.807) is 0 Å². The number of carbonyl (C=O) groups is 2. The number of nitrogens with zero attached hydrogens (tertiary/aromatic N) is 1. The molecule has 0 fully saturated rings. The molecule has 0 atom stereocenters. The molecule has 2 amide bonds. The second-order valence-electron chi connectivity index (χ2n) is 7.75. The lowest BCUT2D eigenvalue weighted by molar-refractivity contribution is 0.0893. The van der Waals surface area contributed by atoms with Crippen LogP contribution in [-0.2, 0) is 0 Å². The molecule has 1 aliphatic heterocycles. The van der Waals surface area contributed by atoms with Crippen molar-refractivity contribution < 1.29 is 9.59 Å². The normalized spacial score (nSPS) is 13.9. The number of imide groups is 1. The molecule has 0 aromatic heterocycles. The predicted octanol–water partition coefficient (Wildman–Crippen LogP) is 5.89. The van der Waals surface area contributed by atoms with Gasteiger partial charge in [0.2, 0.25) is 0 Å². The fraction of sp³-hybridized carbons (Fsp3) is 0.250. The van der Waals surface area contributed by atoms with Gasteiger partial charge in [0, 0.05) is 16.5 Å². The van der Waals surface area contributed by atoms with E-state index < -0.39 is 0 Å². The number of hydrogen-bond acceptors (Lipinski definition) is 2. The molecule has 4 rings (SSSR count). The van der Waals surface area contributed by atoms with Crippen molar-refractivity contribution in [3.8, 4) is 0 Å². The Kier molecular flexibility index (Phi) is 4.11. The maximum absolute atomic E-state index is 13.5. The van der Waals surface area contributed by atoms with Crippen LogP contribution in [0.5, 0.6) is 0 Å². The quantitative estimate of drug-likeness (QED) is 0.548. The third kappa shape index (κ3) is 2.57. The van der Waals surface area contributed by atoms with Crippen molar-refractivity contribution in [1.29, 1.82) is 0 Å². The molecular weight excluding hydrogens is 334 g/mol. The number of rotatable bonds is 3. The summed E-state index contributed by atoms with van der Waals surface area (Å²) in [6.45, 7) is 8.38. The van der Waals surface area contributed by atoms with Crippen LogP contribution in [0.25, 0.3) is 10.8 Å². The van der Waals surface area contributed by atoms with Crippen molar-refractivity contribution >= 4 is 28.3 Å². The number of anilines is 1. The van der Waals surface area contributed by atoms with E-state index in [0.717, 1.165) is 27.6 Å². The van der Waals surface area contributed by atoms with Gasteiger partial charge in [-0.15, -0.1) is 0 Å². The van der Waals surface area contributed by atoms with E-state index in [-0.39, 0.29) is 23.7 Å². The zero-order valence-electron chi connectivity index (χ0n) is 16.1. The Morgan fingerprint density at radius 3 is 1.56 bits per heavy atom. The first-order valence-corrected chi connectivity index (χ1v) is 9.45. The Balaban J connectivity index is 2.03. The third-order valence-corrected chi connectivity index (χ3v) is 5.34. The van der Waals surface area contributed by atoms with Gasteiger partial charge < -0.3 is 0 Å². The highest BCUT2D eigenvalue weighted by molar-refractivity contribution is 6.36.